The SMILES string of the molecule is CC(O)C(NC(=O)C(N)CCCN=C(N)N)C(=O)NC(Cc1ccc(O)cc1)C(=O)NC(CCCCN)C(=O)O. The Morgan fingerprint density at radius 3 is 2.08 bits per heavy atom. The molecular formula is C25H42N8O7. The summed E-state index contributed by atoms with van der Waals surface area (Å²) in [6.07, 6.45) is 0.318. The molecule has 0 saturated carbocycles. The first-order chi connectivity index (χ1) is 18.8. The van der Waals surface area contributed by atoms with Gasteiger partial charge in [0.15, 0.2) is 5.96 Å². The molecule has 40 heavy (non-hydrogen) atoms. The van der Waals surface area contributed by atoms with Crippen molar-refractivity contribution in [1.82, 2.24) is 16.0 Å². The highest BCUT2D eigenvalue weighted by Crippen LogP contribution is 2.12. The standard InChI is InChI=1S/C25H42N8O7/c1-14(34)20(33-21(36)17(27)5-4-12-30-25(28)29)23(38)32-19(13-15-7-9-16(35)10-8-15)22(37)31-18(24(39)40)6-2-3-11-26/h7-10,14,17-20,34-35H,2-6,11-13,26-27H2,1H3,(H,31,37)(H,32,38)(H,33,36)(H,39,40)(H4,28,29,30). The van der Waals surface area contributed by atoms with Crippen LogP contribution in [0.25, 0.3) is 0 Å². The Hall–Kier alpha value is -3.95. The van der Waals surface area contributed by atoms with E-state index in [9.17, 15) is 34.5 Å². The maximum absolute atomic E-state index is 13.2. The van der Waals surface area contributed by atoms with Crippen LogP contribution in [-0.2, 0) is 25.6 Å². The van der Waals surface area contributed by atoms with Crippen LogP contribution in [0.3, 0.4) is 0 Å². The molecule has 14 N–H and O–H groups in total. The van der Waals surface area contributed by atoms with Crippen molar-refractivity contribution in [3.05, 3.63) is 29.8 Å². The zero-order valence-electron chi connectivity index (χ0n) is 22.6. The highest BCUT2D eigenvalue weighted by atomic mass is 16.4. The number of unbranched alkanes of at least 4 members (excludes halogenated alkanes) is 1. The number of benzene rings is 1. The van der Waals surface area contributed by atoms with Gasteiger partial charge in [-0.1, -0.05) is 12.1 Å². The lowest BCUT2D eigenvalue weighted by Crippen LogP contribution is -2.60. The number of hydrogen-bond donors (Lipinski definition) is 10. The highest BCUT2D eigenvalue weighted by molar-refractivity contribution is 5.94. The number of rotatable bonds is 18. The fourth-order valence-corrected chi connectivity index (χ4v) is 3.68. The van der Waals surface area contributed by atoms with Gasteiger partial charge >= 0.3 is 5.97 Å². The molecular weight excluding hydrogens is 524 g/mol. The third kappa shape index (κ3) is 12.7. The predicted octanol–water partition coefficient (Wildman–Crippen LogP) is -2.64. The molecule has 5 unspecified atom stereocenters. The van der Waals surface area contributed by atoms with Gasteiger partial charge in [-0.25, -0.2) is 4.79 Å². The van der Waals surface area contributed by atoms with E-state index in [1.165, 1.54) is 31.2 Å². The third-order valence-corrected chi connectivity index (χ3v) is 5.94. The fraction of sp³-hybridized carbons (Fsp3) is 0.560. The highest BCUT2D eigenvalue weighted by Gasteiger charge is 2.32. The topological polar surface area (TPSA) is 282 Å². The van der Waals surface area contributed by atoms with E-state index in [1.807, 2.05) is 0 Å². The van der Waals surface area contributed by atoms with E-state index in [2.05, 4.69) is 20.9 Å². The van der Waals surface area contributed by atoms with Crippen LogP contribution < -0.4 is 38.9 Å². The Morgan fingerprint density at radius 1 is 0.900 bits per heavy atom. The molecule has 0 fully saturated rings. The van der Waals surface area contributed by atoms with Gasteiger partial charge in [-0.2, -0.15) is 0 Å². The molecule has 1 aromatic rings. The number of nitrogens with zero attached hydrogens (tertiary/aromatic N) is 1. The van der Waals surface area contributed by atoms with Gasteiger partial charge in [0.05, 0.1) is 12.1 Å². The number of carboxylic acid groups (broad SMARTS) is 1. The van der Waals surface area contributed by atoms with Crippen LogP contribution in [0.4, 0.5) is 0 Å². The molecule has 1 rings (SSSR count). The lowest BCUT2D eigenvalue weighted by Gasteiger charge is -2.26. The summed E-state index contributed by atoms with van der Waals surface area (Å²) in [4.78, 5) is 54.4. The van der Waals surface area contributed by atoms with Crippen molar-refractivity contribution in [2.75, 3.05) is 13.1 Å². The molecule has 15 nitrogen and oxygen atoms in total. The van der Waals surface area contributed by atoms with E-state index in [0.29, 0.717) is 31.4 Å². The molecule has 15 heteroatoms. The maximum Gasteiger partial charge on any atom is 0.326 e. The molecule has 0 spiro atoms. The van der Waals surface area contributed by atoms with E-state index in [1.54, 1.807) is 0 Å². The number of carbonyl (C=O) groups excluding carboxylic acids is 3. The van der Waals surface area contributed by atoms with Crippen molar-refractivity contribution in [2.45, 2.75) is 75.7 Å². The Balaban J connectivity index is 3.03. The summed E-state index contributed by atoms with van der Waals surface area (Å²) < 4.78 is 0. The van der Waals surface area contributed by atoms with Crippen molar-refractivity contribution in [3.8, 4) is 5.75 Å². The van der Waals surface area contributed by atoms with Gasteiger partial charge in [-0.3, -0.25) is 19.4 Å². The summed E-state index contributed by atoms with van der Waals surface area (Å²) in [5.74, 6) is -3.73. The van der Waals surface area contributed by atoms with E-state index in [4.69, 9.17) is 22.9 Å². The number of phenolic OH excluding ortho intramolecular Hbond substituents is 1. The van der Waals surface area contributed by atoms with Gasteiger partial charge in [-0.15, -0.1) is 0 Å². The molecule has 0 aliphatic rings. The molecule has 0 bridgehead atoms. The Morgan fingerprint density at radius 2 is 1.52 bits per heavy atom. The molecule has 224 valence electrons. The number of aromatic hydroxyl groups is 1. The minimum absolute atomic E-state index is 0.00819. The lowest BCUT2D eigenvalue weighted by molar-refractivity contribution is -0.142. The van der Waals surface area contributed by atoms with Crippen LogP contribution in [0.5, 0.6) is 5.75 Å². The van der Waals surface area contributed by atoms with Crippen molar-refractivity contribution < 1.29 is 34.5 Å². The van der Waals surface area contributed by atoms with Crippen molar-refractivity contribution in [2.24, 2.45) is 27.9 Å². The predicted molar refractivity (Wildman–Crippen MR) is 148 cm³/mol. The Kier molecular flexibility index (Phi) is 15.0. The van der Waals surface area contributed by atoms with Crippen molar-refractivity contribution >= 4 is 29.7 Å². The first-order valence-electron chi connectivity index (χ1n) is 13.0. The normalized spacial score (nSPS) is 14.6. The Bertz CT molecular complexity index is 999. The molecule has 3 amide bonds. The molecule has 0 aromatic heterocycles. The number of aliphatic hydroxyl groups excluding tert-OH is 1. The average Bonchev–Trinajstić information content (AvgIpc) is 2.89. The quantitative estimate of drug-likeness (QED) is 0.0498. The minimum Gasteiger partial charge on any atom is -0.508 e. The summed E-state index contributed by atoms with van der Waals surface area (Å²) in [6, 6.07) is 0.872. The summed E-state index contributed by atoms with van der Waals surface area (Å²) >= 11 is 0. The van der Waals surface area contributed by atoms with Gasteiger partial charge in [-0.05, 0) is 63.3 Å². The number of aliphatic hydroxyl groups is 1. The van der Waals surface area contributed by atoms with Gasteiger partial charge < -0.3 is 54.2 Å². The number of nitrogens with two attached hydrogens (primary N) is 4. The number of hydrogen-bond acceptors (Lipinski definition) is 9. The second-order valence-corrected chi connectivity index (χ2v) is 9.40. The van der Waals surface area contributed by atoms with Gasteiger partial charge in [0, 0.05) is 13.0 Å². The smallest absolute Gasteiger partial charge is 0.326 e. The van der Waals surface area contributed by atoms with E-state index in [-0.39, 0.29) is 37.5 Å². The summed E-state index contributed by atoms with van der Waals surface area (Å²) in [7, 11) is 0. The van der Waals surface area contributed by atoms with E-state index >= 15 is 0 Å². The number of nitrogens with one attached hydrogen (secondary N) is 3. The molecule has 1 aromatic carbocycles. The second kappa shape index (κ2) is 17.6. The first-order valence-corrected chi connectivity index (χ1v) is 13.0. The Labute approximate surface area is 232 Å². The number of guanidine groups is 1. The zero-order valence-corrected chi connectivity index (χ0v) is 22.6. The number of carbonyl (C=O) groups is 4. The molecule has 5 atom stereocenters. The van der Waals surface area contributed by atoms with Gasteiger partial charge in [0.1, 0.15) is 23.9 Å². The second-order valence-electron chi connectivity index (χ2n) is 9.40. The van der Waals surface area contributed by atoms with E-state index < -0.39 is 54.0 Å². The molecule has 0 saturated heterocycles. The largest absolute Gasteiger partial charge is 0.508 e. The molecule has 0 heterocycles. The van der Waals surface area contributed by atoms with Crippen LogP contribution in [0.2, 0.25) is 0 Å². The maximum atomic E-state index is 13.2. The zero-order chi connectivity index (χ0) is 30.2. The fourth-order valence-electron chi connectivity index (χ4n) is 3.68. The van der Waals surface area contributed by atoms with Crippen LogP contribution in [0.1, 0.15) is 44.6 Å². The number of phenols is 1. The van der Waals surface area contributed by atoms with E-state index in [0.717, 1.165) is 0 Å². The van der Waals surface area contributed by atoms with Crippen LogP contribution in [-0.4, -0.2) is 88.3 Å². The van der Waals surface area contributed by atoms with Crippen LogP contribution in [0.15, 0.2) is 29.3 Å². The number of aliphatic carboxylic acids is 1. The van der Waals surface area contributed by atoms with Crippen molar-refractivity contribution in [3.63, 3.8) is 0 Å². The number of aliphatic imine (C=N–C) groups is 1. The van der Waals surface area contributed by atoms with Crippen molar-refractivity contribution in [1.29, 1.82) is 0 Å². The minimum atomic E-state index is -1.47. The first kappa shape index (κ1) is 34.1. The van der Waals surface area contributed by atoms with Gasteiger partial charge in [0.2, 0.25) is 17.7 Å². The molecule has 0 radical (unpaired) electrons. The lowest BCUT2D eigenvalue weighted by atomic mass is 10.0. The molecule has 0 aliphatic carbocycles. The third-order valence-electron chi connectivity index (χ3n) is 5.94. The average molecular weight is 567 g/mol. The molecule has 0 aliphatic heterocycles. The summed E-state index contributed by atoms with van der Waals surface area (Å²) in [5.41, 5.74) is 22.4. The number of amides is 3. The summed E-state index contributed by atoms with van der Waals surface area (Å²) in [6.45, 7) is 1.90. The van der Waals surface area contributed by atoms with Gasteiger partial charge in [0.25, 0.3) is 0 Å². The number of carboxylic acids is 1. The van der Waals surface area contributed by atoms with Crippen LogP contribution >= 0.6 is 0 Å². The van der Waals surface area contributed by atoms with Crippen LogP contribution in [0, 0.1) is 0 Å². The monoisotopic (exact) mass is 566 g/mol. The summed E-state index contributed by atoms with van der Waals surface area (Å²) in [5, 5.41) is 36.7.